The molecule has 1 aromatic heterocycles. The molecule has 0 saturated heterocycles. The molecule has 1 unspecified atom stereocenters. The summed E-state index contributed by atoms with van der Waals surface area (Å²) < 4.78 is 20.0. The second kappa shape index (κ2) is 5.81. The van der Waals surface area contributed by atoms with Gasteiger partial charge in [-0.1, -0.05) is 13.0 Å². The van der Waals surface area contributed by atoms with Gasteiger partial charge < -0.3 is 14.8 Å². The summed E-state index contributed by atoms with van der Waals surface area (Å²) in [5.74, 6) is -1.19. The van der Waals surface area contributed by atoms with Crippen LogP contribution in [0.15, 0.2) is 24.8 Å². The molecule has 1 aromatic carbocycles. The maximum Gasteiger partial charge on any atom is 0.306 e. The molecule has 2 heterocycles. The summed E-state index contributed by atoms with van der Waals surface area (Å²) in [6.45, 7) is 6.07. The van der Waals surface area contributed by atoms with Crippen LogP contribution in [-0.2, 0) is 28.0 Å². The van der Waals surface area contributed by atoms with Gasteiger partial charge in [0.05, 0.1) is 24.2 Å². The van der Waals surface area contributed by atoms with Crippen molar-refractivity contribution in [1.82, 2.24) is 4.98 Å². The SMILES string of the molecule is C=CCc1c(F)ccc2c3c([nH]c12)C(CC)(CC(=O)O)OCC3. The van der Waals surface area contributed by atoms with Crippen LogP contribution in [0.25, 0.3) is 10.9 Å². The zero-order chi connectivity index (χ0) is 16.6. The molecular formula is C18H20FNO3. The van der Waals surface area contributed by atoms with E-state index in [-0.39, 0.29) is 12.2 Å². The van der Waals surface area contributed by atoms with Crippen LogP contribution in [0.4, 0.5) is 4.39 Å². The maximum atomic E-state index is 14.2. The van der Waals surface area contributed by atoms with Crippen LogP contribution in [0, 0.1) is 5.82 Å². The third-order valence-electron chi connectivity index (χ3n) is 4.68. The van der Waals surface area contributed by atoms with Crippen molar-refractivity contribution in [2.75, 3.05) is 6.61 Å². The smallest absolute Gasteiger partial charge is 0.306 e. The van der Waals surface area contributed by atoms with Crippen molar-refractivity contribution in [3.05, 3.63) is 47.4 Å². The van der Waals surface area contributed by atoms with Crippen molar-refractivity contribution in [2.45, 2.75) is 38.2 Å². The number of ether oxygens (including phenoxy) is 1. The molecule has 1 atom stereocenters. The number of hydrogen-bond donors (Lipinski definition) is 2. The van der Waals surface area contributed by atoms with Crippen LogP contribution >= 0.6 is 0 Å². The lowest BCUT2D eigenvalue weighted by molar-refractivity contribution is -0.148. The number of benzene rings is 1. The van der Waals surface area contributed by atoms with E-state index in [1.165, 1.54) is 6.07 Å². The van der Waals surface area contributed by atoms with Crippen LogP contribution in [-0.4, -0.2) is 22.7 Å². The van der Waals surface area contributed by atoms with E-state index in [9.17, 15) is 14.3 Å². The van der Waals surface area contributed by atoms with E-state index in [4.69, 9.17) is 4.74 Å². The zero-order valence-corrected chi connectivity index (χ0v) is 13.1. The molecule has 0 saturated carbocycles. The number of carboxylic acids is 1. The molecule has 1 aliphatic heterocycles. The van der Waals surface area contributed by atoms with Gasteiger partial charge in [-0.2, -0.15) is 0 Å². The Bertz CT molecular complexity index is 780. The number of nitrogens with one attached hydrogen (secondary N) is 1. The first-order valence-corrected chi connectivity index (χ1v) is 7.81. The quantitative estimate of drug-likeness (QED) is 0.827. The van der Waals surface area contributed by atoms with Gasteiger partial charge in [0.1, 0.15) is 11.4 Å². The normalized spacial score (nSPS) is 20.4. The van der Waals surface area contributed by atoms with Gasteiger partial charge in [0, 0.05) is 10.9 Å². The van der Waals surface area contributed by atoms with Gasteiger partial charge >= 0.3 is 5.97 Å². The number of aromatic nitrogens is 1. The number of carbonyl (C=O) groups is 1. The first kappa shape index (κ1) is 15.7. The molecule has 0 amide bonds. The van der Waals surface area contributed by atoms with Crippen LogP contribution in [0.5, 0.6) is 0 Å². The number of halogens is 1. The summed E-state index contributed by atoms with van der Waals surface area (Å²) in [6, 6.07) is 3.23. The van der Waals surface area contributed by atoms with Crippen molar-refractivity contribution in [3.8, 4) is 0 Å². The van der Waals surface area contributed by atoms with Crippen LogP contribution in [0.1, 0.15) is 36.6 Å². The topological polar surface area (TPSA) is 62.3 Å². The van der Waals surface area contributed by atoms with E-state index in [1.807, 2.05) is 6.92 Å². The highest BCUT2D eigenvalue weighted by atomic mass is 19.1. The molecule has 5 heteroatoms. The highest BCUT2D eigenvalue weighted by Gasteiger charge is 2.41. The van der Waals surface area contributed by atoms with Gasteiger partial charge in [-0.25, -0.2) is 4.39 Å². The van der Waals surface area contributed by atoms with Crippen molar-refractivity contribution < 1.29 is 19.0 Å². The molecule has 0 aliphatic carbocycles. The Morgan fingerprint density at radius 1 is 1.57 bits per heavy atom. The third kappa shape index (κ3) is 2.45. The largest absolute Gasteiger partial charge is 0.481 e. The fourth-order valence-corrected chi connectivity index (χ4v) is 3.55. The highest BCUT2D eigenvalue weighted by molar-refractivity contribution is 5.88. The van der Waals surface area contributed by atoms with Crippen molar-refractivity contribution in [2.24, 2.45) is 0 Å². The average molecular weight is 317 g/mol. The molecule has 2 aromatic rings. The fourth-order valence-electron chi connectivity index (χ4n) is 3.55. The first-order valence-electron chi connectivity index (χ1n) is 7.81. The van der Waals surface area contributed by atoms with E-state index in [0.717, 1.165) is 22.2 Å². The zero-order valence-electron chi connectivity index (χ0n) is 13.1. The van der Waals surface area contributed by atoms with Crippen molar-refractivity contribution in [1.29, 1.82) is 0 Å². The molecule has 23 heavy (non-hydrogen) atoms. The lowest BCUT2D eigenvalue weighted by Crippen LogP contribution is -2.37. The Balaban J connectivity index is 2.26. The summed E-state index contributed by atoms with van der Waals surface area (Å²) in [5, 5.41) is 10.2. The van der Waals surface area contributed by atoms with Gasteiger partial charge in [0.25, 0.3) is 0 Å². The van der Waals surface area contributed by atoms with Gasteiger partial charge in [-0.05, 0) is 37.0 Å². The Hall–Kier alpha value is -2.14. The molecule has 0 bridgehead atoms. The number of aromatic amines is 1. The number of H-pyrrole nitrogens is 1. The average Bonchev–Trinajstić information content (AvgIpc) is 2.90. The van der Waals surface area contributed by atoms with Crippen molar-refractivity contribution >= 4 is 16.9 Å². The van der Waals surface area contributed by atoms with Gasteiger partial charge in [-0.15, -0.1) is 6.58 Å². The minimum Gasteiger partial charge on any atom is -0.481 e. The van der Waals surface area contributed by atoms with Crippen LogP contribution in [0.2, 0.25) is 0 Å². The number of aliphatic carboxylic acids is 1. The molecule has 0 spiro atoms. The summed E-state index contributed by atoms with van der Waals surface area (Å²) in [4.78, 5) is 14.6. The summed E-state index contributed by atoms with van der Waals surface area (Å²) >= 11 is 0. The number of allylic oxidation sites excluding steroid dienone is 1. The monoisotopic (exact) mass is 317 g/mol. The Labute approximate surface area is 134 Å². The third-order valence-corrected chi connectivity index (χ3v) is 4.68. The summed E-state index contributed by atoms with van der Waals surface area (Å²) in [7, 11) is 0. The predicted molar refractivity (Wildman–Crippen MR) is 86.0 cm³/mol. The summed E-state index contributed by atoms with van der Waals surface area (Å²) in [6.07, 6.45) is 3.21. The van der Waals surface area contributed by atoms with E-state index in [2.05, 4.69) is 11.6 Å². The molecule has 4 nitrogen and oxygen atoms in total. The lowest BCUT2D eigenvalue weighted by Gasteiger charge is -2.35. The number of fused-ring (bicyclic) bond motifs is 3. The standard InChI is InChI=1S/C18H20FNO3/c1-3-5-13-14(19)7-6-11-12-8-9-23-18(4-2,10-15(21)22)17(12)20-16(11)13/h3,6-7,20H,1,4-5,8-10H2,2H3,(H,21,22). The molecule has 0 fully saturated rings. The van der Waals surface area contributed by atoms with Gasteiger partial charge in [0.2, 0.25) is 0 Å². The first-order chi connectivity index (χ1) is 11.0. The minimum atomic E-state index is -0.907. The van der Waals surface area contributed by atoms with E-state index >= 15 is 0 Å². The predicted octanol–water partition coefficient (Wildman–Crippen LogP) is 3.69. The summed E-state index contributed by atoms with van der Waals surface area (Å²) in [5.41, 5.74) is 2.23. The second-order valence-corrected chi connectivity index (χ2v) is 5.94. The molecular weight excluding hydrogens is 297 g/mol. The van der Waals surface area contributed by atoms with E-state index in [0.29, 0.717) is 31.4 Å². The number of rotatable bonds is 5. The molecule has 122 valence electrons. The second-order valence-electron chi connectivity index (χ2n) is 5.94. The highest BCUT2D eigenvalue weighted by Crippen LogP contribution is 2.42. The van der Waals surface area contributed by atoms with Crippen LogP contribution < -0.4 is 0 Å². The van der Waals surface area contributed by atoms with E-state index in [1.54, 1.807) is 12.1 Å². The van der Waals surface area contributed by atoms with Gasteiger partial charge in [-0.3, -0.25) is 4.79 Å². The Morgan fingerprint density at radius 2 is 2.35 bits per heavy atom. The lowest BCUT2D eigenvalue weighted by atomic mass is 9.86. The number of hydrogen-bond acceptors (Lipinski definition) is 2. The molecule has 1 aliphatic rings. The fraction of sp³-hybridized carbons (Fsp3) is 0.389. The minimum absolute atomic E-state index is 0.109. The molecule has 3 rings (SSSR count). The van der Waals surface area contributed by atoms with Crippen LogP contribution in [0.3, 0.4) is 0 Å². The Kier molecular flexibility index (Phi) is 3.98. The Morgan fingerprint density at radius 3 is 3.00 bits per heavy atom. The molecule has 0 radical (unpaired) electrons. The van der Waals surface area contributed by atoms with Gasteiger partial charge in [0.15, 0.2) is 0 Å². The van der Waals surface area contributed by atoms with Crippen molar-refractivity contribution in [3.63, 3.8) is 0 Å². The molecule has 2 N–H and O–H groups in total. The number of carboxylic acid groups (broad SMARTS) is 1. The maximum absolute atomic E-state index is 14.2. The van der Waals surface area contributed by atoms with E-state index < -0.39 is 11.6 Å².